The molecule has 0 saturated heterocycles. The van der Waals surface area contributed by atoms with Gasteiger partial charge in [0.25, 0.3) is 0 Å². The minimum atomic E-state index is -1.98. The van der Waals surface area contributed by atoms with Crippen LogP contribution >= 0.6 is 10.0 Å². The quantitative estimate of drug-likeness (QED) is 0.153. The molecule has 9 aromatic carbocycles. The summed E-state index contributed by atoms with van der Waals surface area (Å²) in [6, 6.07) is 81.7. The first-order valence-electron chi connectivity index (χ1n) is 21.1. The first kappa shape index (κ1) is 36.8. The number of furan rings is 1. The summed E-state index contributed by atoms with van der Waals surface area (Å²) in [5.74, 6) is 1.73. The van der Waals surface area contributed by atoms with Crippen molar-refractivity contribution < 1.29 is 4.42 Å². The lowest BCUT2D eigenvalue weighted by atomic mass is 10.0. The van der Waals surface area contributed by atoms with Gasteiger partial charge in [-0.05, 0) is 90.0 Å². The summed E-state index contributed by atoms with van der Waals surface area (Å²) in [6.07, 6.45) is 0. The zero-order valence-corrected chi connectivity index (χ0v) is 34.9. The summed E-state index contributed by atoms with van der Waals surface area (Å²) in [5.41, 5.74) is 7.70. The molecule has 0 spiro atoms. The monoisotopic (exact) mass is 826 g/mol. The van der Waals surface area contributed by atoms with Gasteiger partial charge < -0.3 is 4.42 Å². The molecule has 0 saturated carbocycles. The summed E-state index contributed by atoms with van der Waals surface area (Å²) in [6.45, 7) is 0. The van der Waals surface area contributed by atoms with E-state index < -0.39 is 10.0 Å². The van der Waals surface area contributed by atoms with Crippen molar-refractivity contribution >= 4 is 53.8 Å². The van der Waals surface area contributed by atoms with Crippen LogP contribution in [0.25, 0.3) is 83.6 Å². The number of rotatable bonds is 8. The van der Waals surface area contributed by atoms with E-state index in [0.717, 1.165) is 66.0 Å². The van der Waals surface area contributed by atoms with Crippen LogP contribution in [-0.4, -0.2) is 19.5 Å². The van der Waals surface area contributed by atoms with Crippen molar-refractivity contribution in [2.75, 3.05) is 0 Å². The fourth-order valence-corrected chi connectivity index (χ4v) is 13.0. The van der Waals surface area contributed by atoms with Gasteiger partial charge in [-0.1, -0.05) is 152 Å². The molecule has 63 heavy (non-hydrogen) atoms. The molecule has 3 heterocycles. The molecule has 0 amide bonds. The second-order valence-corrected chi connectivity index (χ2v) is 18.7. The van der Waals surface area contributed by atoms with E-state index in [-0.39, 0.29) is 0 Å². The van der Waals surface area contributed by atoms with Crippen LogP contribution in [0, 0.1) is 0 Å². The number of aromatic nitrogens is 4. The van der Waals surface area contributed by atoms with Gasteiger partial charge in [-0.2, -0.15) is 9.97 Å². The molecule has 0 N–H and O–H groups in total. The van der Waals surface area contributed by atoms with Gasteiger partial charge >= 0.3 is 0 Å². The highest BCUT2D eigenvalue weighted by atomic mass is 32.3. The number of hydrogen-bond donors (Lipinski definition) is 0. The van der Waals surface area contributed by atoms with Crippen molar-refractivity contribution in [3.8, 4) is 39.9 Å². The normalized spacial score (nSPS) is 12.1. The Morgan fingerprint density at radius 2 is 0.841 bits per heavy atom. The third-order valence-electron chi connectivity index (χ3n) is 12.0. The van der Waals surface area contributed by atoms with Crippen molar-refractivity contribution in [1.29, 1.82) is 0 Å². The molecule has 12 aromatic rings. The molecule has 0 unspecified atom stereocenters. The standard InChI is InChI=1S/C57H38N4OS/c1-6-19-39(20-7-1)41-23-18-24-42(35-41)56-58-55(40-21-8-2-9-22-40)59-57(60-56)61-51-34-33-46(36-48(51)49-38-54-50(37-52(49)61)47-31-16-17-32-53(47)62-54)63(43-25-10-3-11-26-43,44-27-12-4-13-28-44)45-29-14-5-15-30-45/h1-38H. The highest BCUT2D eigenvalue weighted by molar-refractivity contribution is 8.34. The molecular weight excluding hydrogens is 789 g/mol. The zero-order chi connectivity index (χ0) is 41.7. The fourth-order valence-electron chi connectivity index (χ4n) is 9.09. The Bertz CT molecular complexity index is 3510. The molecule has 5 nitrogen and oxygen atoms in total. The van der Waals surface area contributed by atoms with E-state index >= 15 is 0 Å². The molecule has 0 aliphatic rings. The summed E-state index contributed by atoms with van der Waals surface area (Å²) in [4.78, 5) is 20.9. The van der Waals surface area contributed by atoms with Crippen molar-refractivity contribution in [1.82, 2.24) is 19.5 Å². The van der Waals surface area contributed by atoms with Crippen LogP contribution < -0.4 is 0 Å². The van der Waals surface area contributed by atoms with E-state index in [4.69, 9.17) is 19.4 Å². The van der Waals surface area contributed by atoms with Crippen LogP contribution in [0.2, 0.25) is 0 Å². The Hall–Kier alpha value is -8.06. The average molecular weight is 827 g/mol. The van der Waals surface area contributed by atoms with E-state index in [9.17, 15) is 0 Å². The maximum absolute atomic E-state index is 6.59. The van der Waals surface area contributed by atoms with Gasteiger partial charge in [0.15, 0.2) is 11.6 Å². The van der Waals surface area contributed by atoms with Crippen LogP contribution in [0.3, 0.4) is 0 Å². The second-order valence-electron chi connectivity index (χ2n) is 15.6. The van der Waals surface area contributed by atoms with Gasteiger partial charge in [-0.15, -0.1) is 10.0 Å². The van der Waals surface area contributed by atoms with Gasteiger partial charge in [0.05, 0.1) is 11.0 Å². The molecule has 0 radical (unpaired) electrons. The van der Waals surface area contributed by atoms with E-state index in [1.54, 1.807) is 0 Å². The number of para-hydroxylation sites is 1. The maximum atomic E-state index is 6.59. The molecule has 0 bridgehead atoms. The first-order valence-corrected chi connectivity index (χ1v) is 22.7. The van der Waals surface area contributed by atoms with Crippen molar-refractivity contribution in [2.45, 2.75) is 19.6 Å². The SMILES string of the molecule is c1ccc(-c2cccc(-c3nc(-c4ccccc4)nc(-n4c5ccc(S(c6ccccc6)(c6ccccc6)c6ccccc6)cc5c5cc6oc7ccccc7c6cc54)n3)c2)cc1. The van der Waals surface area contributed by atoms with Crippen LogP contribution in [0.4, 0.5) is 0 Å². The molecule has 0 aliphatic heterocycles. The lowest BCUT2D eigenvalue weighted by molar-refractivity contribution is 0.669. The fraction of sp³-hybridized carbons (Fsp3) is 0. The number of benzene rings is 9. The van der Waals surface area contributed by atoms with Crippen LogP contribution in [0.1, 0.15) is 0 Å². The van der Waals surface area contributed by atoms with E-state index in [1.807, 2.05) is 36.4 Å². The summed E-state index contributed by atoms with van der Waals surface area (Å²) >= 11 is 0. The lowest BCUT2D eigenvalue weighted by Crippen LogP contribution is -2.07. The predicted octanol–water partition coefficient (Wildman–Crippen LogP) is 15.2. The first-order chi connectivity index (χ1) is 31.2. The predicted molar refractivity (Wildman–Crippen MR) is 258 cm³/mol. The van der Waals surface area contributed by atoms with Gasteiger partial charge in [-0.25, -0.2) is 4.98 Å². The van der Waals surface area contributed by atoms with E-state index in [2.05, 4.69) is 199 Å². The zero-order valence-electron chi connectivity index (χ0n) is 34.0. The van der Waals surface area contributed by atoms with E-state index in [0.29, 0.717) is 17.6 Å². The minimum Gasteiger partial charge on any atom is -0.456 e. The number of fused-ring (bicyclic) bond motifs is 6. The van der Waals surface area contributed by atoms with Gasteiger partial charge in [-0.3, -0.25) is 4.57 Å². The Morgan fingerprint density at radius 3 is 1.49 bits per heavy atom. The highest BCUT2D eigenvalue weighted by Crippen LogP contribution is 2.73. The molecule has 298 valence electrons. The topological polar surface area (TPSA) is 56.7 Å². The van der Waals surface area contributed by atoms with Gasteiger partial charge in [0.1, 0.15) is 11.2 Å². The highest BCUT2D eigenvalue weighted by Gasteiger charge is 2.34. The molecular formula is C57H38N4OS. The Balaban J connectivity index is 1.18. The third-order valence-corrected chi connectivity index (χ3v) is 15.9. The molecule has 0 aliphatic carbocycles. The van der Waals surface area contributed by atoms with Crippen LogP contribution in [0.15, 0.2) is 255 Å². The van der Waals surface area contributed by atoms with Gasteiger partial charge in [0.2, 0.25) is 5.95 Å². The van der Waals surface area contributed by atoms with Crippen LogP contribution in [0.5, 0.6) is 0 Å². The van der Waals surface area contributed by atoms with Crippen molar-refractivity contribution in [2.24, 2.45) is 0 Å². The Labute approximate surface area is 365 Å². The summed E-state index contributed by atoms with van der Waals surface area (Å²) in [7, 11) is -1.98. The lowest BCUT2D eigenvalue weighted by Gasteiger charge is -2.42. The van der Waals surface area contributed by atoms with Crippen molar-refractivity contribution in [3.63, 3.8) is 0 Å². The summed E-state index contributed by atoms with van der Waals surface area (Å²) < 4.78 is 8.81. The second kappa shape index (κ2) is 15.1. The van der Waals surface area contributed by atoms with Gasteiger partial charge in [0, 0.05) is 52.3 Å². The molecule has 0 atom stereocenters. The van der Waals surface area contributed by atoms with E-state index in [1.165, 1.54) is 19.6 Å². The number of hydrogen-bond acceptors (Lipinski definition) is 4. The van der Waals surface area contributed by atoms with Crippen molar-refractivity contribution in [3.05, 3.63) is 231 Å². The average Bonchev–Trinajstić information content (AvgIpc) is 3.89. The number of nitrogens with zero attached hydrogens (tertiary/aromatic N) is 4. The smallest absolute Gasteiger partial charge is 0.238 e. The minimum absolute atomic E-state index is 0.539. The Kier molecular flexibility index (Phi) is 8.83. The maximum Gasteiger partial charge on any atom is 0.238 e. The molecule has 6 heteroatoms. The molecule has 12 rings (SSSR count). The largest absolute Gasteiger partial charge is 0.456 e. The third kappa shape index (κ3) is 6.14. The Morgan fingerprint density at radius 1 is 0.317 bits per heavy atom. The molecule has 0 fully saturated rings. The van der Waals surface area contributed by atoms with Crippen LogP contribution in [-0.2, 0) is 0 Å². The molecule has 3 aromatic heterocycles. The summed E-state index contributed by atoms with van der Waals surface area (Å²) in [5, 5.41) is 4.23.